The van der Waals surface area contributed by atoms with Gasteiger partial charge in [-0.3, -0.25) is 39.2 Å². The van der Waals surface area contributed by atoms with E-state index in [9.17, 15) is 19.2 Å². The van der Waals surface area contributed by atoms with E-state index in [4.69, 9.17) is 30.9 Å². The van der Waals surface area contributed by atoms with Crippen molar-refractivity contribution in [1.82, 2.24) is 44.0 Å². The zero-order valence-electron chi connectivity index (χ0n) is 35.2. The van der Waals surface area contributed by atoms with Crippen LogP contribution in [0.1, 0.15) is 79.8 Å². The number of primary amides is 2. The van der Waals surface area contributed by atoms with E-state index in [1.165, 1.54) is 19.2 Å². The highest BCUT2D eigenvalue weighted by Crippen LogP contribution is 2.33. The number of imidazole rings is 2. The molecule has 7 N–H and O–H groups in total. The van der Waals surface area contributed by atoms with E-state index >= 15 is 0 Å². The highest BCUT2D eigenvalue weighted by atomic mass is 16.5. The lowest BCUT2D eigenvalue weighted by Gasteiger charge is -2.17. The Morgan fingerprint density at radius 1 is 0.806 bits per heavy atom. The average Bonchev–Trinajstić information content (AvgIpc) is 4.03. The highest BCUT2D eigenvalue weighted by Gasteiger charge is 2.24. The minimum Gasteiger partial charge on any atom is -0.494 e. The molecule has 6 aromatic rings. The van der Waals surface area contributed by atoms with Gasteiger partial charge in [-0.25, -0.2) is 9.97 Å². The first-order chi connectivity index (χ1) is 29.9. The molecule has 0 saturated carbocycles. The van der Waals surface area contributed by atoms with Crippen molar-refractivity contribution in [2.45, 2.75) is 66.7 Å². The summed E-state index contributed by atoms with van der Waals surface area (Å²) in [5.41, 5.74) is 15.5. The molecule has 62 heavy (non-hydrogen) atoms. The number of carbonyl (C=O) groups is 4. The predicted molar refractivity (Wildman–Crippen MR) is 232 cm³/mol. The van der Waals surface area contributed by atoms with Crippen molar-refractivity contribution in [2.75, 3.05) is 37.4 Å². The molecule has 1 saturated heterocycles. The number of allylic oxidation sites excluding steroid dienone is 2. The fourth-order valence-electron chi connectivity index (χ4n) is 7.46. The Morgan fingerprint density at radius 2 is 1.32 bits per heavy atom. The number of amides is 4. The lowest BCUT2D eigenvalue weighted by atomic mass is 10.0. The number of nitrogens with zero attached hydrogens (tertiary/aromatic N) is 8. The van der Waals surface area contributed by atoms with Crippen molar-refractivity contribution < 1.29 is 28.7 Å². The number of carbonyl (C=O) groups excluding carboxylic acids is 4. The molecule has 1 atom stereocenters. The van der Waals surface area contributed by atoms with E-state index in [2.05, 4.69) is 38.0 Å². The molecule has 322 valence electrons. The van der Waals surface area contributed by atoms with Gasteiger partial charge in [-0.1, -0.05) is 24.0 Å². The normalized spacial score (nSPS) is 13.9. The number of nitrogens with two attached hydrogens (primary N) is 2. The van der Waals surface area contributed by atoms with Crippen LogP contribution >= 0.6 is 0 Å². The summed E-state index contributed by atoms with van der Waals surface area (Å²) in [6, 6.07) is 9.52. The molecule has 19 nitrogen and oxygen atoms in total. The van der Waals surface area contributed by atoms with Gasteiger partial charge in [0.15, 0.2) is 0 Å². The molecule has 1 aliphatic heterocycles. The molecule has 0 bridgehead atoms. The SMILES string of the molecule is CCn1nc(C)cc1C(=O)Nc1nc2cc(C(N)=O)cc(OC)c2n1C/C=C/Cn1c(NC(=O)c2cc(C)nn2CC)nc2cc(C(N)=O)cc(OCC#CC3CCCNC3)c21. The van der Waals surface area contributed by atoms with Crippen LogP contribution in [0.25, 0.3) is 22.1 Å². The van der Waals surface area contributed by atoms with Crippen LogP contribution < -0.4 is 36.9 Å². The molecule has 5 heterocycles. The number of methoxy groups -OCH3 is 1. The molecule has 7 rings (SSSR count). The van der Waals surface area contributed by atoms with Gasteiger partial charge in [0.05, 0.1) is 29.5 Å². The average molecular weight is 844 g/mol. The second-order valence-corrected chi connectivity index (χ2v) is 14.7. The molecule has 0 aliphatic carbocycles. The summed E-state index contributed by atoms with van der Waals surface area (Å²) in [5.74, 6) is 5.34. The lowest BCUT2D eigenvalue weighted by molar-refractivity contribution is 0.0991. The number of hydrogen-bond donors (Lipinski definition) is 5. The van der Waals surface area contributed by atoms with Crippen molar-refractivity contribution in [3.8, 4) is 23.3 Å². The summed E-state index contributed by atoms with van der Waals surface area (Å²) >= 11 is 0. The van der Waals surface area contributed by atoms with Gasteiger partial charge in [0.2, 0.25) is 23.7 Å². The number of aromatic nitrogens is 8. The third kappa shape index (κ3) is 9.00. The molecule has 2 aromatic carbocycles. The van der Waals surface area contributed by atoms with Gasteiger partial charge in [-0.15, -0.1) is 0 Å². The van der Waals surface area contributed by atoms with Crippen LogP contribution in [0.4, 0.5) is 11.9 Å². The largest absolute Gasteiger partial charge is 0.494 e. The number of aryl methyl sites for hydroxylation is 4. The van der Waals surface area contributed by atoms with E-state index in [0.717, 1.165) is 25.9 Å². The second-order valence-electron chi connectivity index (χ2n) is 14.7. The molecule has 4 aromatic heterocycles. The van der Waals surface area contributed by atoms with Crippen LogP contribution in [0, 0.1) is 31.6 Å². The Hall–Kier alpha value is -7.46. The number of ether oxygens (including phenoxy) is 2. The summed E-state index contributed by atoms with van der Waals surface area (Å²) in [6.07, 6.45) is 5.72. The monoisotopic (exact) mass is 843 g/mol. The zero-order chi connectivity index (χ0) is 44.1. The number of rotatable bonds is 15. The van der Waals surface area contributed by atoms with E-state index < -0.39 is 23.6 Å². The van der Waals surface area contributed by atoms with Gasteiger partial charge in [0.25, 0.3) is 11.8 Å². The van der Waals surface area contributed by atoms with E-state index in [1.54, 1.807) is 56.6 Å². The molecule has 1 aliphatic rings. The van der Waals surface area contributed by atoms with Crippen LogP contribution in [0.2, 0.25) is 0 Å². The van der Waals surface area contributed by atoms with Crippen molar-refractivity contribution in [1.29, 1.82) is 0 Å². The Labute approximate surface area is 356 Å². The van der Waals surface area contributed by atoms with Gasteiger partial charge in [0.1, 0.15) is 40.5 Å². The Morgan fingerprint density at radius 3 is 1.79 bits per heavy atom. The molecule has 1 fully saturated rings. The second kappa shape index (κ2) is 18.4. The van der Waals surface area contributed by atoms with Crippen molar-refractivity contribution >= 4 is 57.6 Å². The van der Waals surface area contributed by atoms with Gasteiger partial charge in [-0.05, 0) is 83.5 Å². The third-order valence-electron chi connectivity index (χ3n) is 10.4. The molecule has 19 heteroatoms. The number of nitrogens with one attached hydrogen (secondary N) is 3. The number of anilines is 2. The minimum atomic E-state index is -0.679. The summed E-state index contributed by atoms with van der Waals surface area (Å²) in [7, 11) is 1.46. The number of piperidine rings is 1. The topological polar surface area (TPSA) is 246 Å². The van der Waals surface area contributed by atoms with E-state index in [1.807, 2.05) is 26.0 Å². The summed E-state index contributed by atoms with van der Waals surface area (Å²) in [4.78, 5) is 61.7. The molecular weight excluding hydrogens is 795 g/mol. The Kier molecular flexibility index (Phi) is 12.7. The summed E-state index contributed by atoms with van der Waals surface area (Å²) in [6.45, 7) is 10.4. The van der Waals surface area contributed by atoms with Crippen LogP contribution in [0.5, 0.6) is 11.5 Å². The van der Waals surface area contributed by atoms with Crippen molar-refractivity contribution in [3.05, 3.63) is 82.5 Å². The van der Waals surface area contributed by atoms with Crippen molar-refractivity contribution in [3.63, 3.8) is 0 Å². The first-order valence-corrected chi connectivity index (χ1v) is 20.3. The molecule has 4 amide bonds. The standard InChI is InChI=1S/C43H49N13O6/c1-6-55-32(18-25(3)51-55)40(59)49-42-47-30-20-28(38(44)57)22-34(61-5)36(30)53(42)15-8-9-16-54-37-31(48-43(54)50-41(60)33-19-26(4)52-56(33)7-2)21-29(39(45)58)23-35(37)62-17-11-13-27-12-10-14-46-24-27/h8-9,18-23,27,46H,6-7,10,12,14-17,24H2,1-5H3,(H2,44,57)(H2,45,58)(H,47,49,59)(H,48,50,60)/b9-8+. The van der Waals surface area contributed by atoms with Crippen LogP contribution in [0.15, 0.2) is 48.6 Å². The quantitative estimate of drug-likeness (QED) is 0.0735. The minimum absolute atomic E-state index is 0.0333. The third-order valence-corrected chi connectivity index (χ3v) is 10.4. The van der Waals surface area contributed by atoms with E-state index in [0.29, 0.717) is 69.4 Å². The maximum absolute atomic E-state index is 13.8. The molecule has 0 spiro atoms. The molecule has 1 unspecified atom stereocenters. The first kappa shape index (κ1) is 42.7. The maximum Gasteiger partial charge on any atom is 0.276 e. The fourth-order valence-corrected chi connectivity index (χ4v) is 7.46. The van der Waals surface area contributed by atoms with Crippen LogP contribution in [-0.2, 0) is 26.2 Å². The smallest absolute Gasteiger partial charge is 0.276 e. The zero-order valence-corrected chi connectivity index (χ0v) is 35.2. The van der Waals surface area contributed by atoms with Gasteiger partial charge < -0.3 is 35.4 Å². The van der Waals surface area contributed by atoms with E-state index in [-0.39, 0.29) is 48.6 Å². The fraction of sp³-hybridized carbons (Fsp3) is 0.349. The van der Waals surface area contributed by atoms with Crippen LogP contribution in [-0.4, -0.2) is 89.1 Å². The van der Waals surface area contributed by atoms with Gasteiger partial charge in [-0.2, -0.15) is 10.2 Å². The Bertz CT molecular complexity index is 2790. The van der Waals surface area contributed by atoms with Gasteiger partial charge in [0, 0.05) is 49.8 Å². The van der Waals surface area contributed by atoms with Crippen LogP contribution in [0.3, 0.4) is 0 Å². The molecular formula is C43H49N13O6. The highest BCUT2D eigenvalue weighted by molar-refractivity contribution is 6.05. The maximum atomic E-state index is 13.8. The first-order valence-electron chi connectivity index (χ1n) is 20.3. The van der Waals surface area contributed by atoms with Crippen molar-refractivity contribution in [2.24, 2.45) is 17.4 Å². The number of fused-ring (bicyclic) bond motifs is 2. The number of hydrogen-bond acceptors (Lipinski definition) is 11. The number of benzene rings is 2. The summed E-state index contributed by atoms with van der Waals surface area (Å²) in [5, 5.41) is 18.0. The molecule has 0 radical (unpaired) electrons. The predicted octanol–water partition coefficient (Wildman–Crippen LogP) is 3.78. The van der Waals surface area contributed by atoms with Gasteiger partial charge >= 0.3 is 0 Å². The Balaban J connectivity index is 1.27. The summed E-state index contributed by atoms with van der Waals surface area (Å²) < 4.78 is 18.6. The lowest BCUT2D eigenvalue weighted by Crippen LogP contribution is -2.28.